The van der Waals surface area contributed by atoms with Crippen LogP contribution >= 0.6 is 11.6 Å². The topological polar surface area (TPSA) is 101 Å². The van der Waals surface area contributed by atoms with Crippen molar-refractivity contribution in [2.75, 3.05) is 5.32 Å². The number of aromatic amines is 1. The maximum Gasteiger partial charge on any atom is 0.362 e. The Kier molecular flexibility index (Phi) is 3.99. The first kappa shape index (κ1) is 14.0. The molecule has 0 saturated carbocycles. The van der Waals surface area contributed by atoms with E-state index >= 15 is 0 Å². The first-order valence-electron chi connectivity index (χ1n) is 5.81. The minimum absolute atomic E-state index is 0.210. The van der Waals surface area contributed by atoms with Crippen LogP contribution < -0.4 is 5.32 Å². The van der Waals surface area contributed by atoms with Gasteiger partial charge >= 0.3 is 5.82 Å². The van der Waals surface area contributed by atoms with Gasteiger partial charge in [0.25, 0.3) is 5.91 Å². The van der Waals surface area contributed by atoms with Gasteiger partial charge in [0.2, 0.25) is 0 Å². The van der Waals surface area contributed by atoms with E-state index in [4.69, 9.17) is 11.6 Å². The van der Waals surface area contributed by atoms with Gasteiger partial charge in [-0.05, 0) is 29.0 Å². The fraction of sp³-hybridized carbons (Fsp3) is 0.167. The van der Waals surface area contributed by atoms with Crippen molar-refractivity contribution in [1.29, 1.82) is 0 Å². The van der Waals surface area contributed by atoms with Crippen LogP contribution in [0.15, 0.2) is 24.3 Å². The lowest BCUT2D eigenvalue weighted by Gasteiger charge is -2.03. The number of anilines is 1. The van der Waals surface area contributed by atoms with Gasteiger partial charge in [-0.15, -0.1) is 5.10 Å². The number of amides is 1. The molecule has 1 aromatic heterocycles. The smallest absolute Gasteiger partial charge is 0.358 e. The van der Waals surface area contributed by atoms with E-state index in [1.165, 1.54) is 0 Å². The molecule has 2 N–H and O–H groups in total. The lowest BCUT2D eigenvalue weighted by atomic mass is 10.1. The molecule has 0 spiro atoms. The van der Waals surface area contributed by atoms with Gasteiger partial charge in [0, 0.05) is 5.69 Å². The summed E-state index contributed by atoms with van der Waals surface area (Å²) in [6, 6.07) is 7.24. The lowest BCUT2D eigenvalue weighted by molar-refractivity contribution is -0.389. The molecule has 0 aliphatic heterocycles. The number of carbonyl (C=O) groups is 1. The van der Waals surface area contributed by atoms with Crippen LogP contribution in [0.5, 0.6) is 0 Å². The van der Waals surface area contributed by atoms with Crippen molar-refractivity contribution in [1.82, 2.24) is 10.2 Å². The summed E-state index contributed by atoms with van der Waals surface area (Å²) < 4.78 is 0. The molecule has 7 nitrogen and oxygen atoms in total. The largest absolute Gasteiger partial charge is 0.362 e. The Labute approximate surface area is 119 Å². The van der Waals surface area contributed by atoms with Crippen molar-refractivity contribution in [3.8, 4) is 0 Å². The summed E-state index contributed by atoms with van der Waals surface area (Å²) in [5, 5.41) is 18.5. The predicted molar refractivity (Wildman–Crippen MR) is 74.0 cm³/mol. The summed E-state index contributed by atoms with van der Waals surface area (Å²) >= 11 is 5.73. The second kappa shape index (κ2) is 5.70. The number of benzene rings is 1. The highest BCUT2D eigenvalue weighted by Crippen LogP contribution is 2.25. The Morgan fingerprint density at radius 1 is 1.45 bits per heavy atom. The molecule has 0 unspecified atom stereocenters. The van der Waals surface area contributed by atoms with Crippen molar-refractivity contribution in [2.24, 2.45) is 0 Å². The van der Waals surface area contributed by atoms with Crippen molar-refractivity contribution in [3.05, 3.63) is 50.7 Å². The first-order valence-corrected chi connectivity index (χ1v) is 6.19. The Bertz CT molecular complexity index is 651. The quantitative estimate of drug-likeness (QED) is 0.668. The summed E-state index contributed by atoms with van der Waals surface area (Å²) in [4.78, 5) is 21.8. The molecule has 0 bridgehead atoms. The zero-order valence-corrected chi connectivity index (χ0v) is 11.3. The third kappa shape index (κ3) is 2.77. The first-order chi connectivity index (χ1) is 9.52. The average Bonchev–Trinajstić information content (AvgIpc) is 2.81. The summed E-state index contributed by atoms with van der Waals surface area (Å²) in [5.74, 6) is -1.11. The fourth-order valence-corrected chi connectivity index (χ4v) is 1.84. The molecule has 1 aromatic carbocycles. The summed E-state index contributed by atoms with van der Waals surface area (Å²) in [7, 11) is 0. The normalized spacial score (nSPS) is 10.3. The highest BCUT2D eigenvalue weighted by molar-refractivity contribution is 6.35. The number of aryl methyl sites for hydroxylation is 1. The molecule has 0 aliphatic carbocycles. The molecule has 1 heterocycles. The maximum atomic E-state index is 11.9. The molecule has 2 rings (SSSR count). The van der Waals surface area contributed by atoms with E-state index in [0.717, 1.165) is 12.0 Å². The molecule has 2 aromatic rings. The highest BCUT2D eigenvalue weighted by Gasteiger charge is 2.25. The molecule has 0 fully saturated rings. The van der Waals surface area contributed by atoms with Crippen LogP contribution in [-0.4, -0.2) is 21.0 Å². The van der Waals surface area contributed by atoms with Gasteiger partial charge in [0.05, 0.1) is 0 Å². The lowest BCUT2D eigenvalue weighted by Crippen LogP contribution is -2.12. The molecular weight excluding hydrogens is 284 g/mol. The van der Waals surface area contributed by atoms with E-state index in [2.05, 4.69) is 15.5 Å². The van der Waals surface area contributed by atoms with Gasteiger partial charge in [-0.1, -0.05) is 35.8 Å². The van der Waals surface area contributed by atoms with E-state index in [-0.39, 0.29) is 10.7 Å². The van der Waals surface area contributed by atoms with Crippen LogP contribution in [0.1, 0.15) is 23.0 Å². The number of nitro groups is 1. The molecule has 0 radical (unpaired) electrons. The number of aromatic nitrogens is 2. The average molecular weight is 295 g/mol. The molecule has 8 heteroatoms. The van der Waals surface area contributed by atoms with Crippen LogP contribution in [0.3, 0.4) is 0 Å². The minimum atomic E-state index is -0.734. The molecule has 1 amide bonds. The second-order valence-electron chi connectivity index (χ2n) is 4.00. The van der Waals surface area contributed by atoms with Crippen LogP contribution in [0, 0.1) is 10.1 Å². The van der Waals surface area contributed by atoms with E-state index in [1.54, 1.807) is 12.1 Å². The van der Waals surface area contributed by atoms with Gasteiger partial charge in [-0.25, -0.2) is 0 Å². The van der Waals surface area contributed by atoms with Crippen molar-refractivity contribution < 1.29 is 9.72 Å². The predicted octanol–water partition coefficient (Wildman–Crippen LogP) is 2.79. The van der Waals surface area contributed by atoms with Gasteiger partial charge in [-0.3, -0.25) is 4.79 Å². The van der Waals surface area contributed by atoms with E-state index in [1.807, 2.05) is 19.1 Å². The Morgan fingerprint density at radius 3 is 2.60 bits per heavy atom. The molecule has 104 valence electrons. The van der Waals surface area contributed by atoms with Gasteiger partial charge < -0.3 is 15.4 Å². The Balaban J connectivity index is 2.17. The van der Waals surface area contributed by atoms with Crippen LogP contribution in [0.25, 0.3) is 0 Å². The summed E-state index contributed by atoms with van der Waals surface area (Å²) in [6.07, 6.45) is 0.894. The molecule has 0 aliphatic rings. The zero-order chi connectivity index (χ0) is 14.7. The third-order valence-corrected chi connectivity index (χ3v) is 3.07. The van der Waals surface area contributed by atoms with Gasteiger partial charge in [0.1, 0.15) is 0 Å². The van der Waals surface area contributed by atoms with Crippen LogP contribution in [-0.2, 0) is 6.42 Å². The number of carbonyl (C=O) groups excluding carboxylic acids is 1. The molecule has 0 atom stereocenters. The fourth-order valence-electron chi connectivity index (χ4n) is 1.60. The van der Waals surface area contributed by atoms with Gasteiger partial charge in [0.15, 0.2) is 10.7 Å². The molecule has 20 heavy (non-hydrogen) atoms. The van der Waals surface area contributed by atoms with Crippen molar-refractivity contribution in [2.45, 2.75) is 13.3 Å². The number of H-pyrrole nitrogens is 1. The van der Waals surface area contributed by atoms with E-state index < -0.39 is 16.6 Å². The second-order valence-corrected chi connectivity index (χ2v) is 4.37. The van der Waals surface area contributed by atoms with Crippen LogP contribution in [0.4, 0.5) is 11.5 Å². The van der Waals surface area contributed by atoms with Gasteiger partial charge in [-0.2, -0.15) is 0 Å². The van der Waals surface area contributed by atoms with E-state index in [0.29, 0.717) is 5.69 Å². The van der Waals surface area contributed by atoms with Crippen molar-refractivity contribution >= 4 is 29.0 Å². The summed E-state index contributed by atoms with van der Waals surface area (Å²) in [5.41, 5.74) is 1.49. The zero-order valence-electron chi connectivity index (χ0n) is 10.5. The van der Waals surface area contributed by atoms with Crippen molar-refractivity contribution in [3.63, 3.8) is 0 Å². The van der Waals surface area contributed by atoms with Crippen LogP contribution in [0.2, 0.25) is 5.02 Å². The SMILES string of the molecule is CCc1ccc(NC(=O)c2n[nH]c([N+](=O)[O-])c2Cl)cc1. The number of nitrogens with zero attached hydrogens (tertiary/aromatic N) is 2. The van der Waals surface area contributed by atoms with E-state index in [9.17, 15) is 14.9 Å². The monoisotopic (exact) mass is 294 g/mol. The number of halogens is 1. The molecule has 0 saturated heterocycles. The third-order valence-electron chi connectivity index (χ3n) is 2.71. The Hall–Kier alpha value is -2.41. The summed E-state index contributed by atoms with van der Waals surface area (Å²) in [6.45, 7) is 2.02. The number of hydrogen-bond donors (Lipinski definition) is 2. The minimum Gasteiger partial charge on any atom is -0.358 e. The number of hydrogen-bond acceptors (Lipinski definition) is 4. The number of rotatable bonds is 4. The maximum absolute atomic E-state index is 11.9. The standard InChI is InChI=1S/C12H11ClN4O3/c1-2-7-3-5-8(6-4-7)14-12(18)10-9(13)11(16-15-10)17(19)20/h3-6H,2H2,1H3,(H,14,18)(H,15,16). The highest BCUT2D eigenvalue weighted by atomic mass is 35.5. The number of nitrogens with one attached hydrogen (secondary N) is 2. The molecular formula is C12H11ClN4O3. The Morgan fingerprint density at radius 2 is 2.10 bits per heavy atom.